The monoisotopic (exact) mass is 346 g/mol. The van der Waals surface area contributed by atoms with E-state index in [0.29, 0.717) is 5.92 Å². The first-order chi connectivity index (χ1) is 10.3. The summed E-state index contributed by atoms with van der Waals surface area (Å²) >= 11 is 3.57. The van der Waals surface area contributed by atoms with Gasteiger partial charge in [0.25, 0.3) is 0 Å². The topological polar surface area (TPSA) is 9.23 Å². The maximum Gasteiger partial charge on any atom is 0.122 e. The first kappa shape index (κ1) is 14.9. The van der Waals surface area contributed by atoms with E-state index in [4.69, 9.17) is 4.74 Å². The van der Waals surface area contributed by atoms with E-state index in [1.54, 1.807) is 7.11 Å². The lowest BCUT2D eigenvalue weighted by molar-refractivity contribution is 0.409. The van der Waals surface area contributed by atoms with Gasteiger partial charge in [0.1, 0.15) is 5.75 Å². The van der Waals surface area contributed by atoms with E-state index in [9.17, 15) is 0 Å². The van der Waals surface area contributed by atoms with E-state index in [2.05, 4.69) is 46.3 Å². The van der Waals surface area contributed by atoms with Crippen LogP contribution < -0.4 is 4.74 Å². The Morgan fingerprint density at radius 3 is 2.90 bits per heavy atom. The summed E-state index contributed by atoms with van der Waals surface area (Å²) in [5.41, 5.74) is 5.98. The van der Waals surface area contributed by atoms with Gasteiger partial charge in [0.15, 0.2) is 0 Å². The molecule has 112 valence electrons. The average molecular weight is 347 g/mol. The Morgan fingerprint density at radius 1 is 1.29 bits per heavy atom. The molecule has 0 fully saturated rings. The van der Waals surface area contributed by atoms with Crippen LogP contribution in [-0.4, -0.2) is 12.4 Å². The van der Waals surface area contributed by atoms with Gasteiger partial charge in [-0.25, -0.2) is 0 Å². The number of benzene rings is 1. The Labute approximate surface area is 136 Å². The van der Waals surface area contributed by atoms with Crippen LogP contribution in [0.3, 0.4) is 0 Å². The summed E-state index contributed by atoms with van der Waals surface area (Å²) in [7, 11) is 1.79. The molecule has 1 unspecified atom stereocenters. The van der Waals surface area contributed by atoms with Crippen LogP contribution in [0.15, 0.2) is 30.4 Å². The summed E-state index contributed by atoms with van der Waals surface area (Å²) in [6.45, 7) is 0. The number of methoxy groups -OCH3 is 1. The second-order valence-corrected chi connectivity index (χ2v) is 6.68. The highest BCUT2D eigenvalue weighted by molar-refractivity contribution is 9.09. The van der Waals surface area contributed by atoms with Crippen molar-refractivity contribution in [1.82, 2.24) is 0 Å². The molecule has 1 atom stereocenters. The van der Waals surface area contributed by atoms with Gasteiger partial charge in [-0.3, -0.25) is 0 Å². The molecular weight excluding hydrogens is 324 g/mol. The number of hydrogen-bond acceptors (Lipinski definition) is 1. The highest BCUT2D eigenvalue weighted by Crippen LogP contribution is 2.42. The first-order valence-electron chi connectivity index (χ1n) is 7.97. The zero-order valence-electron chi connectivity index (χ0n) is 12.7. The summed E-state index contributed by atoms with van der Waals surface area (Å²) in [5.74, 6) is 1.66. The molecule has 0 saturated heterocycles. The van der Waals surface area contributed by atoms with Gasteiger partial charge in [-0.05, 0) is 61.3 Å². The highest BCUT2D eigenvalue weighted by Gasteiger charge is 2.24. The molecule has 0 heterocycles. The average Bonchev–Trinajstić information content (AvgIpc) is 3.06. The number of alkyl halides is 1. The Balaban J connectivity index is 2.06. The normalized spacial score (nSPS) is 20.3. The molecule has 0 radical (unpaired) electrons. The van der Waals surface area contributed by atoms with Gasteiger partial charge < -0.3 is 4.74 Å². The summed E-state index contributed by atoms with van der Waals surface area (Å²) in [6, 6.07) is 4.47. The van der Waals surface area contributed by atoms with Gasteiger partial charge in [-0.15, -0.1) is 0 Å². The van der Waals surface area contributed by atoms with Crippen LogP contribution in [-0.2, 0) is 6.42 Å². The maximum absolute atomic E-state index is 5.63. The fourth-order valence-electron chi connectivity index (χ4n) is 3.64. The van der Waals surface area contributed by atoms with E-state index in [0.717, 1.165) is 30.3 Å². The molecule has 0 N–H and O–H groups in total. The second-order valence-electron chi connectivity index (χ2n) is 5.88. The number of hydrogen-bond donors (Lipinski definition) is 0. The third-order valence-electron chi connectivity index (χ3n) is 4.62. The summed E-state index contributed by atoms with van der Waals surface area (Å²) < 4.78 is 5.63. The number of rotatable bonds is 5. The largest absolute Gasteiger partial charge is 0.496 e. The Bertz CT molecular complexity index is 571. The van der Waals surface area contributed by atoms with E-state index in [1.165, 1.54) is 41.5 Å². The standard InChI is InChI=1S/C19H23BrO/c1-21-18-12-11-16(14-6-2-3-7-14)19-15(9-5-13-20)8-4-10-17(18)19/h2,6,8,11-12,14H,3-5,7,9-10,13H2,1H3. The van der Waals surface area contributed by atoms with Crippen molar-refractivity contribution in [2.24, 2.45) is 0 Å². The molecule has 0 saturated carbocycles. The highest BCUT2D eigenvalue weighted by atomic mass is 79.9. The lowest BCUT2D eigenvalue weighted by atomic mass is 9.81. The predicted octanol–water partition coefficient (Wildman–Crippen LogP) is 5.63. The Kier molecular flexibility index (Phi) is 4.84. The van der Waals surface area contributed by atoms with Crippen molar-refractivity contribution in [2.45, 2.75) is 44.4 Å². The maximum atomic E-state index is 5.63. The van der Waals surface area contributed by atoms with Gasteiger partial charge in [0, 0.05) is 16.8 Å². The predicted molar refractivity (Wildman–Crippen MR) is 93.4 cm³/mol. The molecule has 21 heavy (non-hydrogen) atoms. The minimum Gasteiger partial charge on any atom is -0.496 e. The molecule has 0 amide bonds. The third-order valence-corrected chi connectivity index (χ3v) is 5.18. The van der Waals surface area contributed by atoms with Gasteiger partial charge in [0.2, 0.25) is 0 Å². The van der Waals surface area contributed by atoms with Crippen molar-refractivity contribution in [1.29, 1.82) is 0 Å². The van der Waals surface area contributed by atoms with Crippen molar-refractivity contribution in [3.63, 3.8) is 0 Å². The number of fused-ring (bicyclic) bond motifs is 1. The molecule has 3 rings (SSSR count). The number of ether oxygens (including phenoxy) is 1. The summed E-state index contributed by atoms with van der Waals surface area (Å²) in [5, 5.41) is 1.07. The molecular formula is C19H23BrO. The van der Waals surface area contributed by atoms with Crippen molar-refractivity contribution < 1.29 is 4.74 Å². The van der Waals surface area contributed by atoms with Crippen LogP contribution in [0.2, 0.25) is 0 Å². The molecule has 2 heteroatoms. The van der Waals surface area contributed by atoms with Gasteiger partial charge in [-0.2, -0.15) is 0 Å². The number of halogens is 1. The fourth-order valence-corrected chi connectivity index (χ4v) is 3.92. The molecule has 2 aliphatic carbocycles. The van der Waals surface area contributed by atoms with Gasteiger partial charge in [0.05, 0.1) is 7.11 Å². The lowest BCUT2D eigenvalue weighted by Gasteiger charge is -2.25. The van der Waals surface area contributed by atoms with Crippen LogP contribution >= 0.6 is 15.9 Å². The number of allylic oxidation sites excluding steroid dienone is 4. The van der Waals surface area contributed by atoms with E-state index in [1.807, 2.05) is 0 Å². The van der Waals surface area contributed by atoms with Crippen molar-refractivity contribution in [2.75, 3.05) is 12.4 Å². The Hall–Kier alpha value is -1.02. The Morgan fingerprint density at radius 2 is 2.19 bits per heavy atom. The second kappa shape index (κ2) is 6.83. The zero-order valence-corrected chi connectivity index (χ0v) is 14.3. The third kappa shape index (κ3) is 2.96. The van der Waals surface area contributed by atoms with Crippen LogP contribution in [0.4, 0.5) is 0 Å². The molecule has 0 bridgehead atoms. The molecule has 1 aromatic carbocycles. The van der Waals surface area contributed by atoms with Gasteiger partial charge >= 0.3 is 0 Å². The molecule has 0 spiro atoms. The minimum absolute atomic E-state index is 0.593. The summed E-state index contributed by atoms with van der Waals surface area (Å²) in [4.78, 5) is 0. The SMILES string of the molecule is COc1ccc(C2C=CCC2)c2c1CCC=C2CCCBr. The van der Waals surface area contributed by atoms with Crippen molar-refractivity contribution >= 4 is 21.5 Å². The first-order valence-corrected chi connectivity index (χ1v) is 9.09. The quantitative estimate of drug-likeness (QED) is 0.495. The molecule has 1 nitrogen and oxygen atoms in total. The molecule has 1 aromatic rings. The van der Waals surface area contributed by atoms with Crippen LogP contribution in [0.1, 0.15) is 54.7 Å². The zero-order chi connectivity index (χ0) is 14.7. The van der Waals surface area contributed by atoms with E-state index in [-0.39, 0.29) is 0 Å². The lowest BCUT2D eigenvalue weighted by Crippen LogP contribution is -2.08. The van der Waals surface area contributed by atoms with E-state index < -0.39 is 0 Å². The fraction of sp³-hybridized carbons (Fsp3) is 0.474. The van der Waals surface area contributed by atoms with Crippen molar-refractivity contribution in [3.8, 4) is 5.75 Å². The molecule has 2 aliphatic rings. The van der Waals surface area contributed by atoms with E-state index >= 15 is 0 Å². The van der Waals surface area contributed by atoms with Crippen molar-refractivity contribution in [3.05, 3.63) is 47.1 Å². The minimum atomic E-state index is 0.593. The molecule has 0 aromatic heterocycles. The van der Waals surface area contributed by atoms with Gasteiger partial charge in [-0.1, -0.05) is 40.2 Å². The molecule has 0 aliphatic heterocycles. The van der Waals surface area contributed by atoms with Crippen LogP contribution in [0, 0.1) is 0 Å². The van der Waals surface area contributed by atoms with Crippen LogP contribution in [0.5, 0.6) is 5.75 Å². The van der Waals surface area contributed by atoms with Crippen LogP contribution in [0.25, 0.3) is 5.57 Å². The smallest absolute Gasteiger partial charge is 0.122 e. The summed E-state index contributed by atoms with van der Waals surface area (Å²) in [6.07, 6.45) is 14.2.